The highest BCUT2D eigenvalue weighted by atomic mass is 31.2. The number of hydrogen-bond acceptors (Lipinski definition) is 4. The van der Waals surface area contributed by atoms with Gasteiger partial charge in [-0.3, -0.25) is 0 Å². The number of benzene rings is 3. The molecule has 23 heavy (non-hydrogen) atoms. The van der Waals surface area contributed by atoms with E-state index in [0.717, 1.165) is 0 Å². The van der Waals surface area contributed by atoms with Crippen molar-refractivity contribution < 1.29 is 20.2 Å². The lowest BCUT2D eigenvalue weighted by molar-refractivity contribution is 0.475. The average molecular weight is 327 g/mol. The van der Waals surface area contributed by atoms with E-state index in [-0.39, 0.29) is 17.2 Å². The molecule has 3 rings (SSSR count). The predicted octanol–water partition coefficient (Wildman–Crippen LogP) is 2.00. The molecule has 0 aliphatic carbocycles. The molecule has 4 N–H and O–H groups in total. The van der Waals surface area contributed by atoms with Crippen molar-refractivity contribution in [3.8, 4) is 17.2 Å². The molecule has 0 atom stereocenters. The molecule has 0 aromatic heterocycles. The van der Waals surface area contributed by atoms with E-state index < -0.39 is 7.49 Å². The minimum absolute atomic E-state index is 0.122. The van der Waals surface area contributed by atoms with Crippen LogP contribution in [0.2, 0.25) is 0 Å². The summed E-state index contributed by atoms with van der Waals surface area (Å²) in [5.74, 6) is 0.366. The summed E-state index contributed by atoms with van der Waals surface area (Å²) in [7, 11) is -2.92. The van der Waals surface area contributed by atoms with Crippen LogP contribution < -0.4 is 15.9 Å². The lowest BCUT2D eigenvalue weighted by Crippen LogP contribution is -2.30. The van der Waals surface area contributed by atoms with Gasteiger partial charge in [0.05, 0.1) is 0 Å². The summed E-state index contributed by atoms with van der Waals surface area (Å²) in [5, 5.41) is 30.5. The molecule has 0 amide bonds. The monoisotopic (exact) mass is 327 g/mol. The van der Waals surface area contributed by atoms with Crippen molar-refractivity contribution in [1.82, 2.24) is 0 Å². The highest BCUT2D eigenvalue weighted by molar-refractivity contribution is 7.91. The highest BCUT2D eigenvalue weighted by Gasteiger charge is 2.44. The Balaban J connectivity index is 2.21. The van der Waals surface area contributed by atoms with E-state index in [1.54, 1.807) is 36.4 Å². The van der Waals surface area contributed by atoms with Crippen LogP contribution in [0.1, 0.15) is 0 Å². The Morgan fingerprint density at radius 2 is 0.652 bits per heavy atom. The maximum atomic E-state index is 11.6. The Bertz CT molecular complexity index is 685. The van der Waals surface area contributed by atoms with Crippen LogP contribution >= 0.6 is 7.49 Å². The maximum absolute atomic E-state index is 11.6. The SMILES string of the molecule is Oc1ccc([P+](O)(c2ccc(O)cc2)c2ccc(O)cc2)cc1. The van der Waals surface area contributed by atoms with Gasteiger partial charge in [0.15, 0.2) is 0 Å². The van der Waals surface area contributed by atoms with Crippen LogP contribution in [0, 0.1) is 0 Å². The Morgan fingerprint density at radius 3 is 0.870 bits per heavy atom. The van der Waals surface area contributed by atoms with Gasteiger partial charge in [-0.1, -0.05) is 0 Å². The summed E-state index contributed by atoms with van der Waals surface area (Å²) in [4.78, 5) is 11.6. The molecule has 116 valence electrons. The maximum Gasteiger partial charge on any atom is 0.238 e. The van der Waals surface area contributed by atoms with Crippen molar-refractivity contribution in [3.63, 3.8) is 0 Å². The standard InChI is InChI=1S/C18H15O4P/c19-13-1-7-16(8-2-13)23(22,17-9-3-14(20)4-10-17)18-11-5-15(21)6-12-18/h1-12,22H,(H2-,19,20,21)/p+1. The number of rotatable bonds is 3. The average Bonchev–Trinajstić information content (AvgIpc) is 2.56. The second-order valence-electron chi connectivity index (χ2n) is 5.18. The molecule has 0 spiro atoms. The van der Waals surface area contributed by atoms with Crippen LogP contribution in [0.3, 0.4) is 0 Å². The molecule has 5 heteroatoms. The zero-order valence-corrected chi connectivity index (χ0v) is 13.1. The Morgan fingerprint density at radius 1 is 0.435 bits per heavy atom. The Hall–Kier alpha value is -2.55. The molecular formula is C18H16O4P+. The fourth-order valence-corrected chi connectivity index (χ4v) is 5.09. The molecule has 0 heterocycles. The van der Waals surface area contributed by atoms with Crippen LogP contribution in [0.5, 0.6) is 17.2 Å². The lowest BCUT2D eigenvalue weighted by atomic mass is 10.3. The zero-order valence-electron chi connectivity index (χ0n) is 12.2. The van der Waals surface area contributed by atoms with Crippen molar-refractivity contribution in [2.24, 2.45) is 0 Å². The van der Waals surface area contributed by atoms with Gasteiger partial charge in [-0.25, -0.2) is 4.89 Å². The topological polar surface area (TPSA) is 80.9 Å². The molecule has 0 aliphatic heterocycles. The summed E-state index contributed by atoms with van der Waals surface area (Å²) in [6.45, 7) is 0. The summed E-state index contributed by atoms with van der Waals surface area (Å²) < 4.78 is 0. The minimum Gasteiger partial charge on any atom is -0.508 e. The van der Waals surface area contributed by atoms with E-state index in [2.05, 4.69) is 0 Å². The van der Waals surface area contributed by atoms with Gasteiger partial charge < -0.3 is 15.3 Å². The molecule has 0 radical (unpaired) electrons. The van der Waals surface area contributed by atoms with Gasteiger partial charge in [-0.05, 0) is 72.8 Å². The third-order valence-corrected chi connectivity index (χ3v) is 6.81. The van der Waals surface area contributed by atoms with Gasteiger partial charge >= 0.3 is 0 Å². The molecule has 4 nitrogen and oxygen atoms in total. The van der Waals surface area contributed by atoms with Crippen LogP contribution in [0.15, 0.2) is 72.8 Å². The van der Waals surface area contributed by atoms with Gasteiger partial charge in [-0.2, -0.15) is 0 Å². The summed E-state index contributed by atoms with van der Waals surface area (Å²) >= 11 is 0. The third-order valence-electron chi connectivity index (χ3n) is 3.67. The smallest absolute Gasteiger partial charge is 0.238 e. The van der Waals surface area contributed by atoms with E-state index in [9.17, 15) is 20.2 Å². The number of aromatic hydroxyl groups is 3. The van der Waals surface area contributed by atoms with E-state index in [1.165, 1.54) is 36.4 Å². The van der Waals surface area contributed by atoms with Gasteiger partial charge in [0.2, 0.25) is 7.49 Å². The van der Waals surface area contributed by atoms with Gasteiger partial charge in [-0.15, -0.1) is 0 Å². The second-order valence-corrected chi connectivity index (χ2v) is 8.00. The molecular weight excluding hydrogens is 311 g/mol. The molecule has 0 saturated carbocycles. The second kappa shape index (κ2) is 5.92. The van der Waals surface area contributed by atoms with Gasteiger partial charge in [0.1, 0.15) is 33.2 Å². The summed E-state index contributed by atoms with van der Waals surface area (Å²) in [5.41, 5.74) is 0. The quantitative estimate of drug-likeness (QED) is 0.555. The third kappa shape index (κ3) is 2.87. The predicted molar refractivity (Wildman–Crippen MR) is 92.4 cm³/mol. The molecule has 0 bridgehead atoms. The molecule has 0 fully saturated rings. The minimum atomic E-state index is -2.92. The van der Waals surface area contributed by atoms with Crippen LogP contribution in [-0.2, 0) is 0 Å². The Kier molecular flexibility index (Phi) is 3.95. The molecule has 0 unspecified atom stereocenters. The van der Waals surface area contributed by atoms with E-state index >= 15 is 0 Å². The van der Waals surface area contributed by atoms with Crippen molar-refractivity contribution in [2.75, 3.05) is 0 Å². The summed E-state index contributed by atoms with van der Waals surface area (Å²) in [6, 6.07) is 19.3. The first-order valence-corrected chi connectivity index (χ1v) is 8.75. The van der Waals surface area contributed by atoms with Crippen LogP contribution in [0.4, 0.5) is 0 Å². The molecule has 0 saturated heterocycles. The van der Waals surface area contributed by atoms with E-state index in [0.29, 0.717) is 15.9 Å². The van der Waals surface area contributed by atoms with Crippen LogP contribution in [0.25, 0.3) is 0 Å². The first kappa shape index (κ1) is 15.3. The van der Waals surface area contributed by atoms with Crippen molar-refractivity contribution in [3.05, 3.63) is 72.8 Å². The molecule has 3 aromatic rings. The molecule has 3 aromatic carbocycles. The summed E-state index contributed by atoms with van der Waals surface area (Å²) in [6.07, 6.45) is 0. The zero-order chi connectivity index (χ0) is 16.4. The van der Waals surface area contributed by atoms with E-state index in [1.807, 2.05) is 0 Å². The van der Waals surface area contributed by atoms with Crippen molar-refractivity contribution in [1.29, 1.82) is 0 Å². The van der Waals surface area contributed by atoms with Crippen molar-refractivity contribution in [2.45, 2.75) is 0 Å². The largest absolute Gasteiger partial charge is 0.508 e. The molecule has 0 aliphatic rings. The first-order chi connectivity index (χ1) is 11.0. The van der Waals surface area contributed by atoms with Gasteiger partial charge in [0, 0.05) is 0 Å². The number of phenolic OH excluding ortho intramolecular Hbond substituents is 3. The van der Waals surface area contributed by atoms with E-state index in [4.69, 9.17) is 0 Å². The van der Waals surface area contributed by atoms with Crippen LogP contribution in [-0.4, -0.2) is 20.2 Å². The Labute approximate surface area is 134 Å². The van der Waals surface area contributed by atoms with Gasteiger partial charge in [0.25, 0.3) is 0 Å². The fraction of sp³-hybridized carbons (Fsp3) is 0. The fourth-order valence-electron chi connectivity index (χ4n) is 2.45. The number of phenols is 3. The highest BCUT2D eigenvalue weighted by Crippen LogP contribution is 2.51. The first-order valence-electron chi connectivity index (χ1n) is 7.01. The normalized spacial score (nSPS) is 11.3. The lowest BCUT2D eigenvalue weighted by Gasteiger charge is -2.20. The number of hydrogen-bond donors (Lipinski definition) is 4. The van der Waals surface area contributed by atoms with Crippen molar-refractivity contribution >= 4 is 23.4 Å².